The van der Waals surface area contributed by atoms with E-state index in [1.54, 1.807) is 0 Å². The Morgan fingerprint density at radius 1 is 0.600 bits per heavy atom. The molecule has 0 aromatic rings. The van der Waals surface area contributed by atoms with E-state index in [4.69, 9.17) is 0 Å². The van der Waals surface area contributed by atoms with E-state index in [0.29, 0.717) is 0 Å². The van der Waals surface area contributed by atoms with Crippen LogP contribution in [0.3, 0.4) is 0 Å². The number of nitrogens with one attached hydrogen (secondary N) is 2. The molecule has 1 saturated carbocycles. The first-order chi connectivity index (χ1) is 9.97. The lowest BCUT2D eigenvalue weighted by molar-refractivity contribution is 0.163. The third-order valence-electron chi connectivity index (χ3n) is 4.97. The predicted molar refractivity (Wildman–Crippen MR) is 87.0 cm³/mol. The molecule has 0 aromatic carbocycles. The Kier molecular flexibility index (Phi) is 8.60. The summed E-state index contributed by atoms with van der Waals surface area (Å²) in [5.74, 6) is 0. The molecule has 0 radical (unpaired) electrons. The van der Waals surface area contributed by atoms with Gasteiger partial charge in [0.15, 0.2) is 0 Å². The summed E-state index contributed by atoms with van der Waals surface area (Å²) in [6.07, 6.45) is 15.8. The van der Waals surface area contributed by atoms with Crippen LogP contribution >= 0.6 is 0 Å². The van der Waals surface area contributed by atoms with Gasteiger partial charge in [0.25, 0.3) is 0 Å². The molecule has 1 aliphatic carbocycles. The Labute approximate surface area is 125 Å². The lowest BCUT2D eigenvalue weighted by Gasteiger charge is -2.33. The van der Waals surface area contributed by atoms with E-state index in [1.165, 1.54) is 90.3 Å². The first kappa shape index (κ1) is 16.3. The molecule has 0 amide bonds. The number of nitrogens with zero attached hydrogens (tertiary/aromatic N) is 1. The minimum Gasteiger partial charge on any atom is -0.304 e. The van der Waals surface area contributed by atoms with Crippen molar-refractivity contribution < 1.29 is 0 Å². The minimum absolute atomic E-state index is 0.863. The highest BCUT2D eigenvalue weighted by atomic mass is 15.2. The van der Waals surface area contributed by atoms with E-state index in [9.17, 15) is 0 Å². The molecule has 1 aliphatic heterocycles. The molecule has 3 nitrogen and oxygen atoms in total. The molecular formula is C17H35N3. The molecule has 2 rings (SSSR count). The third kappa shape index (κ3) is 6.55. The van der Waals surface area contributed by atoms with Gasteiger partial charge in [0.2, 0.25) is 0 Å². The van der Waals surface area contributed by atoms with Gasteiger partial charge in [-0.15, -0.1) is 0 Å². The Morgan fingerprint density at radius 3 is 2.00 bits per heavy atom. The fourth-order valence-electron chi connectivity index (χ4n) is 3.68. The zero-order valence-corrected chi connectivity index (χ0v) is 13.3. The summed E-state index contributed by atoms with van der Waals surface area (Å²) >= 11 is 0. The van der Waals surface area contributed by atoms with Crippen molar-refractivity contribution in [1.82, 2.24) is 15.5 Å². The monoisotopic (exact) mass is 281 g/mol. The van der Waals surface area contributed by atoms with Crippen molar-refractivity contribution in [2.75, 3.05) is 32.8 Å². The van der Waals surface area contributed by atoms with Gasteiger partial charge in [0.1, 0.15) is 0 Å². The topological polar surface area (TPSA) is 27.3 Å². The standard InChI is InChI=1S/C17H35N3/c1-2-4-6-10-17(11-7-5-3-1)20-14-9-8-12-18-16-19-13-15-20/h17-19H,1-16H2. The normalized spacial score (nSPS) is 27.0. The van der Waals surface area contributed by atoms with Crippen LogP contribution in [0.1, 0.15) is 70.6 Å². The SMILES string of the molecule is C1CCCCC(N2CCCCNCNCC2)CCCC1. The van der Waals surface area contributed by atoms with E-state index in [0.717, 1.165) is 19.3 Å². The second kappa shape index (κ2) is 10.6. The van der Waals surface area contributed by atoms with Gasteiger partial charge in [0.05, 0.1) is 0 Å². The van der Waals surface area contributed by atoms with Gasteiger partial charge in [0, 0.05) is 25.8 Å². The van der Waals surface area contributed by atoms with Gasteiger partial charge in [-0.05, 0) is 38.8 Å². The van der Waals surface area contributed by atoms with Crippen LogP contribution in [0, 0.1) is 0 Å². The fourth-order valence-corrected chi connectivity index (χ4v) is 3.68. The van der Waals surface area contributed by atoms with Crippen molar-refractivity contribution in [3.8, 4) is 0 Å². The minimum atomic E-state index is 0.863. The Balaban J connectivity index is 1.81. The molecule has 0 aromatic heterocycles. The molecule has 20 heavy (non-hydrogen) atoms. The maximum Gasteiger partial charge on any atom is 0.0454 e. The van der Waals surface area contributed by atoms with Crippen LogP contribution in [0.4, 0.5) is 0 Å². The third-order valence-corrected chi connectivity index (χ3v) is 4.97. The number of hydrogen-bond acceptors (Lipinski definition) is 3. The van der Waals surface area contributed by atoms with Gasteiger partial charge in [-0.3, -0.25) is 4.90 Å². The van der Waals surface area contributed by atoms with Crippen molar-refractivity contribution in [3.63, 3.8) is 0 Å². The first-order valence-electron chi connectivity index (χ1n) is 9.12. The summed E-state index contributed by atoms with van der Waals surface area (Å²) in [6, 6.07) is 0.863. The highest BCUT2D eigenvalue weighted by Crippen LogP contribution is 2.21. The lowest BCUT2D eigenvalue weighted by atomic mass is 9.96. The van der Waals surface area contributed by atoms with Gasteiger partial charge in [-0.2, -0.15) is 0 Å². The largest absolute Gasteiger partial charge is 0.304 e. The lowest BCUT2D eigenvalue weighted by Crippen LogP contribution is -2.43. The molecular weight excluding hydrogens is 246 g/mol. The summed E-state index contributed by atoms with van der Waals surface area (Å²) < 4.78 is 0. The smallest absolute Gasteiger partial charge is 0.0454 e. The average molecular weight is 281 g/mol. The first-order valence-corrected chi connectivity index (χ1v) is 9.12. The van der Waals surface area contributed by atoms with Gasteiger partial charge in [-0.25, -0.2) is 0 Å². The molecule has 2 N–H and O–H groups in total. The summed E-state index contributed by atoms with van der Waals surface area (Å²) in [7, 11) is 0. The molecule has 118 valence electrons. The van der Waals surface area contributed by atoms with Crippen LogP contribution in [-0.4, -0.2) is 43.8 Å². The number of rotatable bonds is 1. The summed E-state index contributed by atoms with van der Waals surface area (Å²) in [6.45, 7) is 5.86. The molecule has 0 unspecified atom stereocenters. The quantitative estimate of drug-likeness (QED) is 0.773. The van der Waals surface area contributed by atoms with Crippen molar-refractivity contribution >= 4 is 0 Å². The summed E-state index contributed by atoms with van der Waals surface area (Å²) in [5.41, 5.74) is 0. The molecule has 1 saturated heterocycles. The van der Waals surface area contributed by atoms with Crippen LogP contribution in [-0.2, 0) is 0 Å². The van der Waals surface area contributed by atoms with Crippen molar-refractivity contribution in [1.29, 1.82) is 0 Å². The molecule has 0 bridgehead atoms. The second-order valence-corrected chi connectivity index (χ2v) is 6.63. The van der Waals surface area contributed by atoms with Crippen molar-refractivity contribution in [2.24, 2.45) is 0 Å². The fraction of sp³-hybridized carbons (Fsp3) is 1.00. The van der Waals surface area contributed by atoms with E-state index >= 15 is 0 Å². The van der Waals surface area contributed by atoms with E-state index < -0.39 is 0 Å². The molecule has 1 heterocycles. The average Bonchev–Trinajstić information content (AvgIpc) is 2.50. The zero-order chi connectivity index (χ0) is 13.9. The van der Waals surface area contributed by atoms with Crippen LogP contribution < -0.4 is 10.6 Å². The molecule has 2 aliphatic rings. The summed E-state index contributed by atoms with van der Waals surface area (Å²) in [4.78, 5) is 2.81. The van der Waals surface area contributed by atoms with E-state index in [2.05, 4.69) is 15.5 Å². The molecule has 2 fully saturated rings. The maximum atomic E-state index is 3.52. The van der Waals surface area contributed by atoms with Crippen LogP contribution in [0.2, 0.25) is 0 Å². The second-order valence-electron chi connectivity index (χ2n) is 6.63. The Morgan fingerprint density at radius 2 is 1.25 bits per heavy atom. The molecule has 0 spiro atoms. The van der Waals surface area contributed by atoms with Gasteiger partial charge in [-0.1, -0.05) is 44.9 Å². The highest BCUT2D eigenvalue weighted by Gasteiger charge is 2.18. The Bertz CT molecular complexity index is 188. The van der Waals surface area contributed by atoms with E-state index in [-0.39, 0.29) is 0 Å². The predicted octanol–water partition coefficient (Wildman–Crippen LogP) is 3.11. The number of hydrogen-bond donors (Lipinski definition) is 2. The molecule has 0 atom stereocenters. The van der Waals surface area contributed by atoms with Crippen molar-refractivity contribution in [3.05, 3.63) is 0 Å². The van der Waals surface area contributed by atoms with Crippen LogP contribution in [0.25, 0.3) is 0 Å². The summed E-state index contributed by atoms with van der Waals surface area (Å²) in [5, 5.41) is 6.97. The van der Waals surface area contributed by atoms with Crippen LogP contribution in [0.15, 0.2) is 0 Å². The molecule has 3 heteroatoms. The van der Waals surface area contributed by atoms with Crippen molar-refractivity contribution in [2.45, 2.75) is 76.7 Å². The van der Waals surface area contributed by atoms with Gasteiger partial charge >= 0.3 is 0 Å². The van der Waals surface area contributed by atoms with Crippen LogP contribution in [0.5, 0.6) is 0 Å². The maximum absolute atomic E-state index is 3.52. The van der Waals surface area contributed by atoms with Gasteiger partial charge < -0.3 is 10.6 Å². The zero-order valence-electron chi connectivity index (χ0n) is 13.3. The van der Waals surface area contributed by atoms with E-state index in [1.807, 2.05) is 0 Å². The Hall–Kier alpha value is -0.120. The highest BCUT2D eigenvalue weighted by molar-refractivity contribution is 4.75.